The highest BCUT2D eigenvalue weighted by Gasteiger charge is 2.61. The lowest BCUT2D eigenvalue weighted by Crippen LogP contribution is -2.49. The Labute approximate surface area is 114 Å². The first kappa shape index (κ1) is 13.1. The van der Waals surface area contributed by atoms with Crippen LogP contribution < -0.4 is 0 Å². The molecule has 104 valence electrons. The molecule has 1 N–H and O–H groups in total. The van der Waals surface area contributed by atoms with Gasteiger partial charge in [-0.05, 0) is 53.9 Å². The second-order valence-electron chi connectivity index (χ2n) is 7.53. The molecule has 0 aromatic heterocycles. The highest BCUT2D eigenvalue weighted by atomic mass is 19.1. The Morgan fingerprint density at radius 3 is 2.47 bits per heavy atom. The number of rotatable bonds is 0. The predicted molar refractivity (Wildman–Crippen MR) is 74.4 cm³/mol. The summed E-state index contributed by atoms with van der Waals surface area (Å²) in [4.78, 5) is 0. The maximum atomic E-state index is 13.7. The summed E-state index contributed by atoms with van der Waals surface area (Å²) in [6, 6.07) is 4.90. The predicted octanol–water partition coefficient (Wildman–Crippen LogP) is 4.13. The van der Waals surface area contributed by atoms with Crippen molar-refractivity contribution in [1.29, 1.82) is 0 Å². The monoisotopic (exact) mass is 262 g/mol. The Bertz CT molecular complexity index is 532. The van der Waals surface area contributed by atoms with Gasteiger partial charge in [0.05, 0.1) is 5.60 Å². The largest absolute Gasteiger partial charge is 0.385 e. The van der Waals surface area contributed by atoms with Gasteiger partial charge in [-0.3, -0.25) is 0 Å². The molecule has 2 aliphatic rings. The van der Waals surface area contributed by atoms with Crippen LogP contribution in [-0.4, -0.2) is 5.11 Å². The maximum Gasteiger partial charge on any atom is 0.123 e. The zero-order valence-electron chi connectivity index (χ0n) is 12.3. The molecule has 1 aromatic rings. The lowest BCUT2D eigenvalue weighted by Gasteiger charge is -2.51. The van der Waals surface area contributed by atoms with Crippen molar-refractivity contribution in [2.45, 2.75) is 58.0 Å². The van der Waals surface area contributed by atoms with Crippen LogP contribution in [0.2, 0.25) is 0 Å². The van der Waals surface area contributed by atoms with Crippen LogP contribution in [0.25, 0.3) is 0 Å². The highest BCUT2D eigenvalue weighted by Crippen LogP contribution is 2.64. The minimum absolute atomic E-state index is 0.0754. The van der Waals surface area contributed by atoms with Crippen LogP contribution in [-0.2, 0) is 11.0 Å². The van der Waals surface area contributed by atoms with E-state index in [4.69, 9.17) is 0 Å². The third kappa shape index (κ3) is 1.56. The van der Waals surface area contributed by atoms with Crippen molar-refractivity contribution >= 4 is 0 Å². The SMILES string of the molecule is CC1(C)CCC[C@@]2(C)c3cc(F)ccc3[C@@](C)(O)[C@@H]12. The molecule has 1 nitrogen and oxygen atoms in total. The maximum absolute atomic E-state index is 13.7. The molecule has 0 saturated heterocycles. The topological polar surface area (TPSA) is 20.2 Å². The summed E-state index contributed by atoms with van der Waals surface area (Å²) < 4.78 is 13.7. The van der Waals surface area contributed by atoms with Crippen LogP contribution in [0.4, 0.5) is 4.39 Å². The smallest absolute Gasteiger partial charge is 0.123 e. The summed E-state index contributed by atoms with van der Waals surface area (Å²) in [5.74, 6) is -0.0437. The molecule has 0 amide bonds. The average molecular weight is 262 g/mol. The van der Waals surface area contributed by atoms with Gasteiger partial charge in [0.2, 0.25) is 0 Å². The molecule has 0 radical (unpaired) electrons. The molecule has 1 aromatic carbocycles. The van der Waals surface area contributed by atoms with Crippen molar-refractivity contribution in [1.82, 2.24) is 0 Å². The van der Waals surface area contributed by atoms with Crippen LogP contribution >= 0.6 is 0 Å². The summed E-state index contributed by atoms with van der Waals surface area (Å²) in [5.41, 5.74) is 1.06. The van der Waals surface area contributed by atoms with Crippen molar-refractivity contribution in [2.24, 2.45) is 11.3 Å². The van der Waals surface area contributed by atoms with Gasteiger partial charge in [0, 0.05) is 5.92 Å². The highest BCUT2D eigenvalue weighted by molar-refractivity contribution is 5.47. The molecule has 2 heteroatoms. The Morgan fingerprint density at radius 2 is 1.79 bits per heavy atom. The van der Waals surface area contributed by atoms with Gasteiger partial charge < -0.3 is 5.11 Å². The standard InChI is InChI=1S/C17H23FO/c1-15(2)8-5-9-16(3)13-10-11(18)6-7-12(13)17(4,19)14(15)16/h6-7,10,14,19H,5,8-9H2,1-4H3/t14-,16-,17+/m0/s1. The number of halogens is 1. The van der Waals surface area contributed by atoms with Crippen molar-refractivity contribution < 1.29 is 9.50 Å². The van der Waals surface area contributed by atoms with Crippen molar-refractivity contribution in [3.63, 3.8) is 0 Å². The molecular weight excluding hydrogens is 239 g/mol. The van der Waals surface area contributed by atoms with Gasteiger partial charge in [0.15, 0.2) is 0 Å². The molecule has 0 aliphatic heterocycles. The third-order valence-electron chi connectivity index (χ3n) is 5.64. The summed E-state index contributed by atoms with van der Waals surface area (Å²) >= 11 is 0. The molecule has 0 unspecified atom stereocenters. The zero-order chi connectivity index (χ0) is 14.1. The molecule has 0 bridgehead atoms. The van der Waals surface area contributed by atoms with Gasteiger partial charge in [0.1, 0.15) is 5.82 Å². The third-order valence-corrected chi connectivity index (χ3v) is 5.64. The second-order valence-corrected chi connectivity index (χ2v) is 7.53. The zero-order valence-corrected chi connectivity index (χ0v) is 12.3. The van der Waals surface area contributed by atoms with E-state index in [0.717, 1.165) is 30.4 Å². The van der Waals surface area contributed by atoms with Gasteiger partial charge in [-0.15, -0.1) is 0 Å². The van der Waals surface area contributed by atoms with Gasteiger partial charge in [-0.2, -0.15) is 0 Å². The molecular formula is C17H23FO. The first-order valence-electron chi connectivity index (χ1n) is 7.22. The lowest BCUT2D eigenvalue weighted by atomic mass is 9.54. The minimum atomic E-state index is -0.859. The Kier molecular flexibility index (Phi) is 2.49. The fourth-order valence-corrected chi connectivity index (χ4v) is 5.32. The Morgan fingerprint density at radius 1 is 1.11 bits per heavy atom. The quantitative estimate of drug-likeness (QED) is 0.745. The number of benzene rings is 1. The Hall–Kier alpha value is -0.890. The molecule has 0 spiro atoms. The summed E-state index contributed by atoms with van der Waals surface area (Å²) in [7, 11) is 0. The first-order chi connectivity index (χ1) is 8.69. The van der Waals surface area contributed by atoms with Crippen LogP contribution in [0.3, 0.4) is 0 Å². The number of fused-ring (bicyclic) bond motifs is 3. The number of hydrogen-bond acceptors (Lipinski definition) is 1. The minimum Gasteiger partial charge on any atom is -0.385 e. The van der Waals surface area contributed by atoms with E-state index in [1.807, 2.05) is 6.92 Å². The van der Waals surface area contributed by atoms with Crippen LogP contribution in [0.15, 0.2) is 18.2 Å². The van der Waals surface area contributed by atoms with E-state index in [1.54, 1.807) is 12.1 Å². The molecule has 1 saturated carbocycles. The first-order valence-corrected chi connectivity index (χ1v) is 7.22. The van der Waals surface area contributed by atoms with Gasteiger partial charge >= 0.3 is 0 Å². The number of hydrogen-bond donors (Lipinski definition) is 1. The fraction of sp³-hybridized carbons (Fsp3) is 0.647. The van der Waals surface area contributed by atoms with E-state index >= 15 is 0 Å². The second kappa shape index (κ2) is 3.60. The lowest BCUT2D eigenvalue weighted by molar-refractivity contribution is -0.0958. The van der Waals surface area contributed by atoms with Crippen molar-refractivity contribution in [2.75, 3.05) is 0 Å². The van der Waals surface area contributed by atoms with Gasteiger partial charge in [-0.25, -0.2) is 4.39 Å². The summed E-state index contributed by atoms with van der Waals surface area (Å²) in [6.07, 6.45) is 3.31. The summed E-state index contributed by atoms with van der Waals surface area (Å²) in [5, 5.41) is 11.1. The van der Waals surface area contributed by atoms with Gasteiger partial charge in [-0.1, -0.05) is 33.3 Å². The molecule has 2 aliphatic carbocycles. The van der Waals surface area contributed by atoms with E-state index in [9.17, 15) is 9.50 Å². The van der Waals surface area contributed by atoms with Crippen LogP contribution in [0.1, 0.15) is 58.1 Å². The molecule has 0 heterocycles. The fourth-order valence-electron chi connectivity index (χ4n) is 5.32. The molecule has 19 heavy (non-hydrogen) atoms. The van der Waals surface area contributed by atoms with Crippen LogP contribution in [0, 0.1) is 17.2 Å². The average Bonchev–Trinajstić information content (AvgIpc) is 2.43. The van der Waals surface area contributed by atoms with E-state index in [2.05, 4.69) is 20.8 Å². The van der Waals surface area contributed by atoms with E-state index < -0.39 is 5.60 Å². The summed E-state index contributed by atoms with van der Waals surface area (Å²) in [6.45, 7) is 8.60. The van der Waals surface area contributed by atoms with Crippen molar-refractivity contribution in [3.05, 3.63) is 35.1 Å². The molecule has 1 fully saturated rings. The normalized spacial score (nSPS) is 39.8. The number of aliphatic hydroxyl groups is 1. The van der Waals surface area contributed by atoms with E-state index in [0.29, 0.717) is 0 Å². The Balaban J connectivity index is 2.27. The van der Waals surface area contributed by atoms with Crippen LogP contribution in [0.5, 0.6) is 0 Å². The van der Waals surface area contributed by atoms with E-state index in [-0.39, 0.29) is 22.6 Å². The molecule has 3 atom stereocenters. The van der Waals surface area contributed by atoms with Gasteiger partial charge in [0.25, 0.3) is 0 Å². The molecule has 3 rings (SSSR count). The van der Waals surface area contributed by atoms with E-state index in [1.165, 1.54) is 6.07 Å². The van der Waals surface area contributed by atoms with Crippen molar-refractivity contribution in [3.8, 4) is 0 Å².